The van der Waals surface area contributed by atoms with E-state index in [1.165, 1.54) is 6.42 Å². The van der Waals surface area contributed by atoms with E-state index in [1.807, 2.05) is 18.8 Å². The molecule has 0 spiro atoms. The van der Waals surface area contributed by atoms with Gasteiger partial charge in [0.2, 0.25) is 0 Å². The van der Waals surface area contributed by atoms with Crippen LogP contribution in [0.25, 0.3) is 0 Å². The number of aromatic nitrogens is 3. The summed E-state index contributed by atoms with van der Waals surface area (Å²) in [4.78, 5) is 4.14. The van der Waals surface area contributed by atoms with Crippen LogP contribution in [0.3, 0.4) is 0 Å². The molecule has 0 aliphatic carbocycles. The fourth-order valence-electron chi connectivity index (χ4n) is 1.10. The van der Waals surface area contributed by atoms with Gasteiger partial charge in [0, 0.05) is 12.3 Å². The van der Waals surface area contributed by atoms with Crippen molar-refractivity contribution in [2.75, 3.05) is 12.8 Å². The Morgan fingerprint density at radius 1 is 1.64 bits per heavy atom. The van der Waals surface area contributed by atoms with Gasteiger partial charge < -0.3 is 5.32 Å². The molecule has 1 heterocycles. The molecule has 0 aromatic carbocycles. The molecule has 5 heteroatoms. The number of aryl methyl sites for hydroxylation is 1. The Bertz CT molecular complexity index is 261. The smallest absolute Gasteiger partial charge is 0.140 e. The highest BCUT2D eigenvalue weighted by molar-refractivity contribution is 7.99. The average molecular weight is 214 g/mol. The van der Waals surface area contributed by atoms with Crippen molar-refractivity contribution < 1.29 is 0 Å². The van der Waals surface area contributed by atoms with Gasteiger partial charge in [-0.1, -0.05) is 6.92 Å². The number of nitrogens with zero attached hydrogens (tertiary/aromatic N) is 3. The SMILES string of the molecule is CSC(C)CCNCc1ncnn1C. The van der Waals surface area contributed by atoms with Gasteiger partial charge in [-0.05, 0) is 19.2 Å². The minimum Gasteiger partial charge on any atom is -0.310 e. The molecular weight excluding hydrogens is 196 g/mol. The second-order valence-corrected chi connectivity index (χ2v) is 4.59. The summed E-state index contributed by atoms with van der Waals surface area (Å²) in [5.74, 6) is 0.988. The molecule has 0 amide bonds. The maximum atomic E-state index is 4.14. The molecule has 4 nitrogen and oxygen atoms in total. The van der Waals surface area contributed by atoms with Crippen LogP contribution in [0.2, 0.25) is 0 Å². The molecule has 0 fully saturated rings. The van der Waals surface area contributed by atoms with Crippen molar-refractivity contribution in [2.45, 2.75) is 25.1 Å². The zero-order valence-corrected chi connectivity index (χ0v) is 9.84. The van der Waals surface area contributed by atoms with Crippen molar-refractivity contribution in [3.63, 3.8) is 0 Å². The Morgan fingerprint density at radius 2 is 2.43 bits per heavy atom. The predicted molar refractivity (Wildman–Crippen MR) is 60.3 cm³/mol. The van der Waals surface area contributed by atoms with Gasteiger partial charge in [-0.25, -0.2) is 4.98 Å². The molecule has 0 saturated heterocycles. The van der Waals surface area contributed by atoms with Crippen LogP contribution in [0.4, 0.5) is 0 Å². The van der Waals surface area contributed by atoms with Crippen LogP contribution < -0.4 is 5.32 Å². The lowest BCUT2D eigenvalue weighted by molar-refractivity contribution is 0.596. The highest BCUT2D eigenvalue weighted by Crippen LogP contribution is 2.07. The van der Waals surface area contributed by atoms with Crippen molar-refractivity contribution in [3.8, 4) is 0 Å². The maximum absolute atomic E-state index is 4.14. The van der Waals surface area contributed by atoms with Gasteiger partial charge in [0.05, 0.1) is 6.54 Å². The van der Waals surface area contributed by atoms with Crippen molar-refractivity contribution >= 4 is 11.8 Å². The van der Waals surface area contributed by atoms with Crippen LogP contribution in [0, 0.1) is 0 Å². The normalized spacial score (nSPS) is 13.1. The number of nitrogens with one attached hydrogen (secondary N) is 1. The Labute approximate surface area is 89.5 Å². The molecule has 1 N–H and O–H groups in total. The van der Waals surface area contributed by atoms with Gasteiger partial charge in [0.15, 0.2) is 0 Å². The first-order valence-electron chi connectivity index (χ1n) is 4.80. The molecular formula is C9H18N4S. The molecule has 1 unspecified atom stereocenters. The second kappa shape index (κ2) is 6.03. The zero-order chi connectivity index (χ0) is 10.4. The lowest BCUT2D eigenvalue weighted by atomic mass is 10.3. The van der Waals surface area contributed by atoms with E-state index >= 15 is 0 Å². The first kappa shape index (κ1) is 11.5. The van der Waals surface area contributed by atoms with Crippen LogP contribution in [-0.2, 0) is 13.6 Å². The van der Waals surface area contributed by atoms with E-state index in [0.717, 1.165) is 24.2 Å². The minimum atomic E-state index is 0.724. The number of hydrogen-bond acceptors (Lipinski definition) is 4. The van der Waals surface area contributed by atoms with Crippen molar-refractivity contribution in [2.24, 2.45) is 7.05 Å². The summed E-state index contributed by atoms with van der Waals surface area (Å²) in [7, 11) is 1.91. The quantitative estimate of drug-likeness (QED) is 0.719. The van der Waals surface area contributed by atoms with E-state index in [1.54, 1.807) is 11.0 Å². The first-order chi connectivity index (χ1) is 6.74. The molecule has 1 atom stereocenters. The lowest BCUT2D eigenvalue weighted by Gasteiger charge is -2.08. The van der Waals surface area contributed by atoms with E-state index in [4.69, 9.17) is 0 Å². The third kappa shape index (κ3) is 3.67. The molecule has 14 heavy (non-hydrogen) atoms. The van der Waals surface area contributed by atoms with Crippen molar-refractivity contribution in [1.29, 1.82) is 0 Å². The molecule has 0 aliphatic heterocycles. The Morgan fingerprint density at radius 3 is 3.00 bits per heavy atom. The molecule has 80 valence electrons. The van der Waals surface area contributed by atoms with Crippen molar-refractivity contribution in [3.05, 3.63) is 12.2 Å². The average Bonchev–Trinajstić information content (AvgIpc) is 2.58. The summed E-state index contributed by atoms with van der Waals surface area (Å²) in [6, 6.07) is 0. The van der Waals surface area contributed by atoms with Gasteiger partial charge in [0.1, 0.15) is 12.2 Å². The Hall–Kier alpha value is -0.550. The highest BCUT2D eigenvalue weighted by atomic mass is 32.2. The van der Waals surface area contributed by atoms with Gasteiger partial charge >= 0.3 is 0 Å². The van der Waals surface area contributed by atoms with Gasteiger partial charge in [-0.3, -0.25) is 4.68 Å². The first-order valence-corrected chi connectivity index (χ1v) is 6.09. The molecule has 1 aromatic rings. The molecule has 0 bridgehead atoms. The highest BCUT2D eigenvalue weighted by Gasteiger charge is 2.01. The van der Waals surface area contributed by atoms with Gasteiger partial charge in [-0.2, -0.15) is 16.9 Å². The largest absolute Gasteiger partial charge is 0.310 e. The van der Waals surface area contributed by atoms with Crippen molar-refractivity contribution in [1.82, 2.24) is 20.1 Å². The summed E-state index contributed by atoms with van der Waals surface area (Å²) in [6.45, 7) is 4.08. The monoisotopic (exact) mass is 214 g/mol. The third-order valence-electron chi connectivity index (χ3n) is 2.22. The zero-order valence-electron chi connectivity index (χ0n) is 9.03. The fraction of sp³-hybridized carbons (Fsp3) is 0.778. The van der Waals surface area contributed by atoms with E-state index < -0.39 is 0 Å². The summed E-state index contributed by atoms with van der Waals surface area (Å²) in [6.07, 6.45) is 4.92. The van der Waals surface area contributed by atoms with Crippen LogP contribution in [-0.4, -0.2) is 32.8 Å². The van der Waals surface area contributed by atoms with E-state index in [0.29, 0.717) is 0 Å². The number of thioether (sulfide) groups is 1. The second-order valence-electron chi connectivity index (χ2n) is 3.31. The molecule has 0 radical (unpaired) electrons. The number of hydrogen-bond donors (Lipinski definition) is 1. The van der Waals surface area contributed by atoms with Gasteiger partial charge in [0.25, 0.3) is 0 Å². The summed E-state index contributed by atoms with van der Waals surface area (Å²) < 4.78 is 1.80. The third-order valence-corrected chi connectivity index (χ3v) is 3.26. The number of rotatable bonds is 6. The molecule has 0 saturated carbocycles. The predicted octanol–water partition coefficient (Wildman–Crippen LogP) is 1.05. The Balaban J connectivity index is 2.13. The topological polar surface area (TPSA) is 42.7 Å². The van der Waals surface area contributed by atoms with Crippen LogP contribution in [0.1, 0.15) is 19.2 Å². The van der Waals surface area contributed by atoms with E-state index in [9.17, 15) is 0 Å². The maximum Gasteiger partial charge on any atom is 0.140 e. The van der Waals surface area contributed by atoms with Crippen LogP contribution >= 0.6 is 11.8 Å². The van der Waals surface area contributed by atoms with Crippen LogP contribution in [0.5, 0.6) is 0 Å². The lowest BCUT2D eigenvalue weighted by Crippen LogP contribution is -2.19. The van der Waals surface area contributed by atoms with Gasteiger partial charge in [-0.15, -0.1) is 0 Å². The summed E-state index contributed by atoms with van der Waals surface area (Å²) >= 11 is 1.90. The standard InChI is InChI=1S/C9H18N4S/c1-8(14-3)4-5-10-6-9-11-7-12-13(9)2/h7-8,10H,4-6H2,1-3H3. The fourth-order valence-corrected chi connectivity index (χ4v) is 1.46. The summed E-state index contributed by atoms with van der Waals surface area (Å²) in [5, 5.41) is 8.09. The Kier molecular flexibility index (Phi) is 4.97. The van der Waals surface area contributed by atoms with Crippen LogP contribution in [0.15, 0.2) is 6.33 Å². The van der Waals surface area contributed by atoms with E-state index in [2.05, 4.69) is 28.6 Å². The van der Waals surface area contributed by atoms with E-state index in [-0.39, 0.29) is 0 Å². The summed E-state index contributed by atoms with van der Waals surface area (Å²) in [5.41, 5.74) is 0. The molecule has 0 aliphatic rings. The molecule has 1 aromatic heterocycles. The molecule has 1 rings (SSSR count). The minimum absolute atomic E-state index is 0.724.